The van der Waals surface area contributed by atoms with Gasteiger partial charge in [-0.2, -0.15) is 4.98 Å². The minimum Gasteiger partial charge on any atom is -0.493 e. The van der Waals surface area contributed by atoms with E-state index >= 15 is 0 Å². The van der Waals surface area contributed by atoms with Crippen LogP contribution in [0, 0.1) is 12.7 Å². The van der Waals surface area contributed by atoms with E-state index in [0.29, 0.717) is 18.7 Å². The molecule has 0 bridgehead atoms. The van der Waals surface area contributed by atoms with Gasteiger partial charge in [0.05, 0.1) is 23.2 Å². The normalized spacial score (nSPS) is 12.2. The Morgan fingerprint density at radius 2 is 1.97 bits per heavy atom. The maximum Gasteiger partial charge on any atom is 0.270 e. The summed E-state index contributed by atoms with van der Waals surface area (Å²) in [7, 11) is 0. The van der Waals surface area contributed by atoms with Gasteiger partial charge in [-0.05, 0) is 38.0 Å². The number of aryl methyl sites for hydroxylation is 2. The van der Waals surface area contributed by atoms with Gasteiger partial charge < -0.3 is 9.52 Å². The van der Waals surface area contributed by atoms with E-state index in [2.05, 4.69) is 20.2 Å². The zero-order valence-electron chi connectivity index (χ0n) is 18.6. The smallest absolute Gasteiger partial charge is 0.270 e. The molecule has 1 unspecified atom stereocenters. The zero-order valence-corrected chi connectivity index (χ0v) is 19.4. The van der Waals surface area contributed by atoms with Gasteiger partial charge in [0.15, 0.2) is 5.56 Å². The van der Waals surface area contributed by atoms with Gasteiger partial charge >= 0.3 is 0 Å². The first-order valence-corrected chi connectivity index (χ1v) is 11.6. The molecule has 0 spiro atoms. The third kappa shape index (κ3) is 4.85. The number of halogens is 1. The molecule has 0 fully saturated rings. The van der Waals surface area contributed by atoms with Crippen molar-refractivity contribution >= 4 is 11.3 Å². The number of aromatic nitrogens is 5. The van der Waals surface area contributed by atoms with Crippen molar-refractivity contribution in [1.29, 1.82) is 0 Å². The van der Waals surface area contributed by atoms with Gasteiger partial charge in [0, 0.05) is 11.8 Å². The van der Waals surface area contributed by atoms with E-state index in [1.54, 1.807) is 12.1 Å². The highest BCUT2D eigenvalue weighted by atomic mass is 32.1. The quantitative estimate of drug-likeness (QED) is 0.406. The molecule has 3 aromatic heterocycles. The number of hydrogen-bond donors (Lipinski definition) is 1. The summed E-state index contributed by atoms with van der Waals surface area (Å²) in [6, 6.07) is 5.51. The molecule has 3 heterocycles. The molecular formula is C23H24FN5O3S. The molecule has 0 aliphatic carbocycles. The lowest BCUT2D eigenvalue weighted by Gasteiger charge is -2.20. The largest absolute Gasteiger partial charge is 0.493 e. The number of thiazole rings is 1. The fraction of sp³-hybridized carbons (Fsp3) is 0.348. The second-order valence-corrected chi connectivity index (χ2v) is 8.83. The second kappa shape index (κ2) is 9.62. The lowest BCUT2D eigenvalue weighted by molar-refractivity contribution is 0.431. The molecule has 0 saturated heterocycles. The Kier molecular flexibility index (Phi) is 6.64. The zero-order chi connectivity index (χ0) is 23.5. The maximum absolute atomic E-state index is 13.6. The predicted molar refractivity (Wildman–Crippen MR) is 122 cm³/mol. The molecule has 0 saturated carbocycles. The van der Waals surface area contributed by atoms with Gasteiger partial charge in [0.25, 0.3) is 11.4 Å². The van der Waals surface area contributed by atoms with Crippen LogP contribution in [0.4, 0.5) is 4.39 Å². The molecule has 33 heavy (non-hydrogen) atoms. The van der Waals surface area contributed by atoms with Gasteiger partial charge in [-0.25, -0.2) is 9.37 Å². The van der Waals surface area contributed by atoms with Gasteiger partial charge in [-0.3, -0.25) is 9.36 Å². The maximum atomic E-state index is 13.6. The molecule has 0 radical (unpaired) electrons. The lowest BCUT2D eigenvalue weighted by atomic mass is 10.1. The van der Waals surface area contributed by atoms with E-state index in [-0.39, 0.29) is 23.2 Å². The van der Waals surface area contributed by atoms with Gasteiger partial charge in [0.2, 0.25) is 11.8 Å². The molecule has 172 valence electrons. The van der Waals surface area contributed by atoms with Crippen LogP contribution in [0.3, 0.4) is 0 Å². The van der Waals surface area contributed by atoms with Crippen molar-refractivity contribution in [2.24, 2.45) is 0 Å². The SMILES string of the molecule is CCCCc1nc(O)c(-c2nnc(Cc3csc(C)n3)o2)c(=O)n1C(C)c1ccc(F)cc1. The summed E-state index contributed by atoms with van der Waals surface area (Å²) in [5, 5.41) is 21.4. The highest BCUT2D eigenvalue weighted by Gasteiger charge is 2.25. The van der Waals surface area contributed by atoms with Crippen molar-refractivity contribution < 1.29 is 13.9 Å². The Hall–Kier alpha value is -3.40. The number of aromatic hydroxyl groups is 1. The highest BCUT2D eigenvalue weighted by Crippen LogP contribution is 2.27. The van der Waals surface area contributed by atoms with Crippen molar-refractivity contribution in [3.8, 4) is 17.3 Å². The van der Waals surface area contributed by atoms with Crippen LogP contribution in [-0.2, 0) is 12.8 Å². The Morgan fingerprint density at radius 3 is 2.64 bits per heavy atom. The topological polar surface area (TPSA) is 107 Å². The Balaban J connectivity index is 1.77. The van der Waals surface area contributed by atoms with Crippen LogP contribution in [0.15, 0.2) is 38.9 Å². The number of hydrogen-bond acceptors (Lipinski definition) is 8. The molecule has 4 rings (SSSR count). The first-order chi connectivity index (χ1) is 15.9. The molecule has 0 aliphatic heterocycles. The van der Waals surface area contributed by atoms with Gasteiger partial charge in [0.1, 0.15) is 11.6 Å². The van der Waals surface area contributed by atoms with Crippen molar-refractivity contribution in [3.05, 3.63) is 73.8 Å². The van der Waals surface area contributed by atoms with Crippen molar-refractivity contribution in [1.82, 2.24) is 24.7 Å². The summed E-state index contributed by atoms with van der Waals surface area (Å²) >= 11 is 1.52. The van der Waals surface area contributed by atoms with E-state index in [0.717, 1.165) is 29.1 Å². The van der Waals surface area contributed by atoms with Crippen LogP contribution in [0.1, 0.15) is 60.7 Å². The number of rotatable bonds is 8. The van der Waals surface area contributed by atoms with Crippen molar-refractivity contribution in [2.75, 3.05) is 0 Å². The van der Waals surface area contributed by atoms with Crippen LogP contribution in [0.2, 0.25) is 0 Å². The number of benzene rings is 1. The lowest BCUT2D eigenvalue weighted by Crippen LogP contribution is -2.30. The summed E-state index contributed by atoms with van der Waals surface area (Å²) in [4.78, 5) is 22.3. The minimum atomic E-state index is -0.495. The molecule has 0 amide bonds. The van der Waals surface area contributed by atoms with Crippen molar-refractivity contribution in [2.45, 2.75) is 52.5 Å². The Morgan fingerprint density at radius 1 is 1.21 bits per heavy atom. The van der Waals surface area contributed by atoms with Gasteiger partial charge in [-0.15, -0.1) is 21.5 Å². The standard InChI is InChI=1S/C23H24FN5O3S/c1-4-5-6-18-26-21(30)20(22-28-27-19(32-22)11-17-12-33-14(3)25-17)23(31)29(18)13(2)15-7-9-16(24)10-8-15/h7-10,12-13,30H,4-6,11H2,1-3H3. The molecule has 0 aliphatic rings. The summed E-state index contributed by atoms with van der Waals surface area (Å²) in [6.45, 7) is 5.77. The average Bonchev–Trinajstić information content (AvgIpc) is 3.41. The molecule has 10 heteroatoms. The molecule has 1 aromatic carbocycles. The molecular weight excluding hydrogens is 445 g/mol. The summed E-state index contributed by atoms with van der Waals surface area (Å²) in [6.07, 6.45) is 2.51. The fourth-order valence-corrected chi connectivity index (χ4v) is 4.24. The van der Waals surface area contributed by atoms with Crippen LogP contribution < -0.4 is 5.56 Å². The van der Waals surface area contributed by atoms with E-state index in [4.69, 9.17) is 4.42 Å². The highest BCUT2D eigenvalue weighted by molar-refractivity contribution is 7.09. The fourth-order valence-electron chi connectivity index (χ4n) is 3.62. The van der Waals surface area contributed by atoms with Gasteiger partial charge in [-0.1, -0.05) is 25.5 Å². The average molecular weight is 470 g/mol. The van der Waals surface area contributed by atoms with Crippen LogP contribution in [0.25, 0.3) is 11.5 Å². The number of nitrogens with zero attached hydrogens (tertiary/aromatic N) is 5. The molecule has 8 nitrogen and oxygen atoms in total. The molecule has 4 aromatic rings. The van der Waals surface area contributed by atoms with E-state index in [9.17, 15) is 14.3 Å². The van der Waals surface area contributed by atoms with E-state index in [1.807, 2.05) is 26.2 Å². The summed E-state index contributed by atoms with van der Waals surface area (Å²) < 4.78 is 20.6. The number of unbranched alkanes of at least 4 members (excludes halogenated alkanes) is 1. The summed E-state index contributed by atoms with van der Waals surface area (Å²) in [5.74, 6) is -0.190. The van der Waals surface area contributed by atoms with E-state index < -0.39 is 17.5 Å². The van der Waals surface area contributed by atoms with Crippen LogP contribution in [0.5, 0.6) is 5.88 Å². The summed E-state index contributed by atoms with van der Waals surface area (Å²) in [5.41, 5.74) is 0.870. The molecule has 1 atom stereocenters. The van der Waals surface area contributed by atoms with E-state index in [1.165, 1.54) is 28.0 Å². The third-order valence-corrected chi connectivity index (χ3v) is 6.16. The third-order valence-electron chi connectivity index (χ3n) is 5.34. The first kappa shape index (κ1) is 22.8. The Bertz CT molecular complexity index is 1310. The first-order valence-electron chi connectivity index (χ1n) is 10.7. The minimum absolute atomic E-state index is 0.103. The monoisotopic (exact) mass is 469 g/mol. The Labute approximate surface area is 193 Å². The van der Waals surface area contributed by atoms with Crippen LogP contribution >= 0.6 is 11.3 Å². The molecule has 1 N–H and O–H groups in total. The second-order valence-electron chi connectivity index (χ2n) is 7.77. The van der Waals surface area contributed by atoms with Crippen LogP contribution in [-0.4, -0.2) is 29.8 Å². The predicted octanol–water partition coefficient (Wildman–Crippen LogP) is 4.45. The van der Waals surface area contributed by atoms with Crippen molar-refractivity contribution in [3.63, 3.8) is 0 Å².